The zero-order valence-electron chi connectivity index (χ0n) is 11.0. The molecule has 4 heteroatoms. The highest BCUT2D eigenvalue weighted by Crippen LogP contribution is 2.14. The first-order valence-electron chi connectivity index (χ1n) is 6.63. The predicted molar refractivity (Wildman–Crippen MR) is 70.8 cm³/mol. The lowest BCUT2D eigenvalue weighted by molar-refractivity contribution is 0.119. The molecule has 19 heavy (non-hydrogen) atoms. The largest absolute Gasteiger partial charge is 0.497 e. The summed E-state index contributed by atoms with van der Waals surface area (Å²) in [5.41, 5.74) is 0.145. The van der Waals surface area contributed by atoms with E-state index in [1.165, 1.54) is 18.2 Å². The van der Waals surface area contributed by atoms with E-state index in [1.807, 2.05) is 13.0 Å². The molecule has 104 valence electrons. The van der Waals surface area contributed by atoms with Crippen molar-refractivity contribution < 1.29 is 13.5 Å². The summed E-state index contributed by atoms with van der Waals surface area (Å²) in [4.78, 5) is 0. The molecule has 1 aliphatic rings. The van der Waals surface area contributed by atoms with Crippen molar-refractivity contribution in [3.05, 3.63) is 47.7 Å². The fourth-order valence-electron chi connectivity index (χ4n) is 2.17. The third-order valence-corrected chi connectivity index (χ3v) is 3.29. The molecular formula is C15H19F2NO. The van der Waals surface area contributed by atoms with Gasteiger partial charge in [-0.15, -0.1) is 0 Å². The third-order valence-electron chi connectivity index (χ3n) is 3.29. The molecule has 1 aromatic carbocycles. The zero-order chi connectivity index (χ0) is 13.7. The topological polar surface area (TPSA) is 21.3 Å². The van der Waals surface area contributed by atoms with Crippen LogP contribution in [0.4, 0.5) is 8.78 Å². The van der Waals surface area contributed by atoms with Gasteiger partial charge in [-0.1, -0.05) is 6.07 Å². The first-order valence-corrected chi connectivity index (χ1v) is 6.63. The molecule has 2 unspecified atom stereocenters. The smallest absolute Gasteiger partial charge is 0.129 e. The van der Waals surface area contributed by atoms with Crippen molar-refractivity contribution in [2.24, 2.45) is 0 Å². The summed E-state index contributed by atoms with van der Waals surface area (Å²) in [6.45, 7) is 2.62. The molecule has 0 bridgehead atoms. The predicted octanol–water partition coefficient (Wildman–Crippen LogP) is 3.18. The van der Waals surface area contributed by atoms with E-state index in [4.69, 9.17) is 4.74 Å². The third kappa shape index (κ3) is 4.03. The molecule has 0 aromatic heterocycles. The quantitative estimate of drug-likeness (QED) is 0.884. The van der Waals surface area contributed by atoms with E-state index in [1.54, 1.807) is 6.26 Å². The Morgan fingerprint density at radius 1 is 1.37 bits per heavy atom. The maximum atomic E-state index is 13.5. The van der Waals surface area contributed by atoms with Gasteiger partial charge in [-0.25, -0.2) is 8.78 Å². The molecule has 1 aromatic rings. The number of hydrogen-bond acceptors (Lipinski definition) is 2. The van der Waals surface area contributed by atoms with E-state index in [0.29, 0.717) is 13.0 Å². The van der Waals surface area contributed by atoms with Crippen molar-refractivity contribution in [2.75, 3.05) is 6.54 Å². The second-order valence-electron chi connectivity index (χ2n) is 4.92. The maximum Gasteiger partial charge on any atom is 0.129 e. The molecule has 1 heterocycles. The summed E-state index contributed by atoms with van der Waals surface area (Å²) in [7, 11) is 0. The molecule has 1 aliphatic heterocycles. The van der Waals surface area contributed by atoms with Crippen LogP contribution in [0.5, 0.6) is 0 Å². The van der Waals surface area contributed by atoms with Gasteiger partial charge >= 0.3 is 0 Å². The van der Waals surface area contributed by atoms with Crippen LogP contribution in [0.2, 0.25) is 0 Å². The highest BCUT2D eigenvalue weighted by molar-refractivity contribution is 5.20. The number of ether oxygens (including phenoxy) is 1. The van der Waals surface area contributed by atoms with E-state index in [2.05, 4.69) is 5.32 Å². The average Bonchev–Trinajstić information content (AvgIpc) is 2.42. The summed E-state index contributed by atoms with van der Waals surface area (Å²) in [6, 6.07) is 3.97. The minimum absolute atomic E-state index is 0.000839. The Labute approximate surface area is 112 Å². The molecule has 2 nitrogen and oxygen atoms in total. The van der Waals surface area contributed by atoms with Crippen LogP contribution >= 0.6 is 0 Å². The van der Waals surface area contributed by atoms with Gasteiger partial charge in [0, 0.05) is 18.2 Å². The van der Waals surface area contributed by atoms with E-state index >= 15 is 0 Å². The molecule has 2 atom stereocenters. The Hall–Kier alpha value is -1.42. The number of allylic oxidation sites excluding steroid dienone is 1. The van der Waals surface area contributed by atoms with Crippen LogP contribution in [-0.4, -0.2) is 18.7 Å². The highest BCUT2D eigenvalue weighted by atomic mass is 19.1. The van der Waals surface area contributed by atoms with Crippen LogP contribution in [0.3, 0.4) is 0 Å². The molecule has 0 radical (unpaired) electrons. The van der Waals surface area contributed by atoms with Gasteiger partial charge in [0.15, 0.2) is 0 Å². The van der Waals surface area contributed by atoms with Crippen molar-refractivity contribution >= 4 is 0 Å². The monoisotopic (exact) mass is 267 g/mol. The second-order valence-corrected chi connectivity index (χ2v) is 4.92. The van der Waals surface area contributed by atoms with Gasteiger partial charge in [0.25, 0.3) is 0 Å². The Balaban J connectivity index is 1.83. The van der Waals surface area contributed by atoms with Crippen LogP contribution in [0.25, 0.3) is 0 Å². The molecule has 2 rings (SSSR count). The van der Waals surface area contributed by atoms with Gasteiger partial charge in [0.1, 0.15) is 17.7 Å². The Kier molecular flexibility index (Phi) is 4.91. The minimum Gasteiger partial charge on any atom is -0.497 e. The fourth-order valence-corrected chi connectivity index (χ4v) is 2.17. The van der Waals surface area contributed by atoms with Gasteiger partial charge in [0.05, 0.1) is 6.26 Å². The minimum atomic E-state index is -0.481. The summed E-state index contributed by atoms with van der Waals surface area (Å²) >= 11 is 0. The summed E-state index contributed by atoms with van der Waals surface area (Å²) in [6.07, 6.45) is 6.19. The molecule has 0 spiro atoms. The first-order chi connectivity index (χ1) is 9.16. The van der Waals surface area contributed by atoms with Crippen LogP contribution in [0, 0.1) is 11.6 Å². The fraction of sp³-hybridized carbons (Fsp3) is 0.467. The van der Waals surface area contributed by atoms with Gasteiger partial charge in [-0.05, 0) is 44.4 Å². The Morgan fingerprint density at radius 2 is 2.11 bits per heavy atom. The van der Waals surface area contributed by atoms with E-state index in [0.717, 1.165) is 12.8 Å². The van der Waals surface area contributed by atoms with Crippen LogP contribution < -0.4 is 5.32 Å². The zero-order valence-corrected chi connectivity index (χ0v) is 11.0. The molecule has 0 saturated heterocycles. The number of rotatable bonds is 5. The molecule has 0 amide bonds. The molecular weight excluding hydrogens is 248 g/mol. The number of hydrogen-bond donors (Lipinski definition) is 1. The van der Waals surface area contributed by atoms with Gasteiger partial charge in [-0.3, -0.25) is 0 Å². The molecule has 0 saturated carbocycles. The lowest BCUT2D eigenvalue weighted by Gasteiger charge is -2.22. The van der Waals surface area contributed by atoms with Crippen molar-refractivity contribution in [1.29, 1.82) is 0 Å². The van der Waals surface area contributed by atoms with Gasteiger partial charge in [-0.2, -0.15) is 0 Å². The van der Waals surface area contributed by atoms with Crippen molar-refractivity contribution in [3.63, 3.8) is 0 Å². The molecule has 0 fully saturated rings. The van der Waals surface area contributed by atoms with Crippen molar-refractivity contribution in [2.45, 2.75) is 38.3 Å². The normalized spacial score (nSPS) is 20.1. The molecule has 1 N–H and O–H groups in total. The second kappa shape index (κ2) is 6.66. The van der Waals surface area contributed by atoms with Crippen molar-refractivity contribution in [3.8, 4) is 0 Å². The lowest BCUT2D eigenvalue weighted by Crippen LogP contribution is -2.36. The van der Waals surface area contributed by atoms with Crippen LogP contribution in [0.15, 0.2) is 30.5 Å². The SMILES string of the molecule is CC(Cc1c(F)cccc1F)NCC1CCC=CO1. The van der Waals surface area contributed by atoms with E-state index in [-0.39, 0.29) is 17.7 Å². The summed E-state index contributed by atoms with van der Waals surface area (Å²) in [5.74, 6) is -0.962. The number of nitrogens with one attached hydrogen (secondary N) is 1. The molecule has 0 aliphatic carbocycles. The number of benzene rings is 1. The maximum absolute atomic E-state index is 13.5. The van der Waals surface area contributed by atoms with E-state index < -0.39 is 11.6 Å². The van der Waals surface area contributed by atoms with Crippen LogP contribution in [0.1, 0.15) is 25.3 Å². The Bertz CT molecular complexity index is 428. The summed E-state index contributed by atoms with van der Waals surface area (Å²) < 4.78 is 32.4. The Morgan fingerprint density at radius 3 is 2.74 bits per heavy atom. The lowest BCUT2D eigenvalue weighted by atomic mass is 10.1. The first kappa shape index (κ1) is 14.0. The van der Waals surface area contributed by atoms with Gasteiger partial charge < -0.3 is 10.1 Å². The van der Waals surface area contributed by atoms with Gasteiger partial charge in [0.2, 0.25) is 0 Å². The standard InChI is InChI=1S/C15H19F2NO/c1-11(18-10-12-5-2-3-8-19-12)9-13-14(16)6-4-7-15(13)17/h3-4,6-8,11-12,18H,2,5,9-10H2,1H3. The highest BCUT2D eigenvalue weighted by Gasteiger charge is 2.15. The number of halogens is 2. The van der Waals surface area contributed by atoms with E-state index in [9.17, 15) is 8.78 Å². The summed E-state index contributed by atoms with van der Waals surface area (Å²) in [5, 5.41) is 3.26. The van der Waals surface area contributed by atoms with Crippen LogP contribution in [-0.2, 0) is 11.2 Å². The average molecular weight is 267 g/mol. The van der Waals surface area contributed by atoms with Crippen molar-refractivity contribution in [1.82, 2.24) is 5.32 Å².